The molecule has 1 rings (SSSR count). The van der Waals surface area contributed by atoms with Gasteiger partial charge in [0, 0.05) is 16.5 Å². The van der Waals surface area contributed by atoms with Crippen LogP contribution in [0.3, 0.4) is 0 Å². The van der Waals surface area contributed by atoms with Crippen molar-refractivity contribution in [2.45, 2.75) is 0 Å². The van der Waals surface area contributed by atoms with E-state index in [4.69, 9.17) is 0 Å². The topological polar surface area (TPSA) is 12.5 Å². The minimum absolute atomic E-state index is 0. The molecule has 1 aliphatic rings. The molecular weight excluding hydrogens is 98.7 g/mol. The number of ether oxygens (including phenoxy) is 1. The van der Waals surface area contributed by atoms with Crippen LogP contribution >= 0.6 is 0 Å². The Kier molecular flexibility index (Phi) is 1.16. The normalized spacial score (nSPS) is 8.00. The summed E-state index contributed by atoms with van der Waals surface area (Å²) < 4.78 is 4.00. The van der Waals surface area contributed by atoms with Crippen LogP contribution in [0.15, 0.2) is 0 Å². The van der Waals surface area contributed by atoms with Crippen LogP contribution in [0.25, 0.3) is 0 Å². The molecule has 0 bridgehead atoms. The van der Waals surface area contributed by atoms with E-state index in [-0.39, 0.29) is 16.5 Å². The second kappa shape index (κ2) is 1.20. The first-order valence-corrected chi connectivity index (χ1v) is 0.658. The molecule has 0 saturated carbocycles. The summed E-state index contributed by atoms with van der Waals surface area (Å²) in [5.74, 6) is 0. The molecule has 0 fully saturated rings. The Morgan fingerprint density at radius 3 is 1.50 bits per heavy atom. The minimum Gasteiger partial charge on any atom is -0.350 e. The van der Waals surface area contributed by atoms with E-state index in [9.17, 15) is 0 Å². The second-order valence-electron chi connectivity index (χ2n) is 0.306. The third kappa shape index (κ3) is 1.85. The predicted octanol–water partition coefficient (Wildman–Crippen LogP) is -0.0675. The zero-order valence-corrected chi connectivity index (χ0v) is 2.71. The van der Waals surface area contributed by atoms with Gasteiger partial charge in [-0.1, -0.05) is 0 Å². The molecular formula is C2NiO. The molecule has 24 valence electrons. The molecule has 0 radical (unpaired) electrons. The van der Waals surface area contributed by atoms with Gasteiger partial charge < -0.3 is 4.74 Å². The number of rotatable bonds is 0. The Morgan fingerprint density at radius 2 is 1.50 bits per heavy atom. The maximum absolute atomic E-state index is 4.00. The van der Waals surface area contributed by atoms with E-state index in [0.29, 0.717) is 0 Å². The molecule has 0 aliphatic carbocycles. The van der Waals surface area contributed by atoms with Crippen molar-refractivity contribution < 1.29 is 21.2 Å². The summed E-state index contributed by atoms with van der Waals surface area (Å²) in [6, 6.07) is 0. The van der Waals surface area contributed by atoms with E-state index >= 15 is 0 Å². The molecule has 4 heavy (non-hydrogen) atoms. The smallest absolute Gasteiger partial charge is 0.175 e. The summed E-state index contributed by atoms with van der Waals surface area (Å²) in [5.41, 5.74) is 0. The van der Waals surface area contributed by atoms with Gasteiger partial charge in [-0.3, -0.25) is 0 Å². The van der Waals surface area contributed by atoms with E-state index in [2.05, 4.69) is 16.9 Å². The first-order chi connectivity index (χ1) is 1.50. The van der Waals surface area contributed by atoms with Crippen molar-refractivity contribution in [3.8, 4) is 12.2 Å². The van der Waals surface area contributed by atoms with Crippen LogP contribution in [0.5, 0.6) is 0 Å². The van der Waals surface area contributed by atoms with Gasteiger partial charge in [0.1, 0.15) is 0 Å². The van der Waals surface area contributed by atoms with Gasteiger partial charge in [-0.2, -0.15) is 0 Å². The van der Waals surface area contributed by atoms with Crippen molar-refractivity contribution in [3.63, 3.8) is 0 Å². The largest absolute Gasteiger partial charge is 0.350 e. The van der Waals surface area contributed by atoms with Crippen molar-refractivity contribution in [2.24, 2.45) is 0 Å². The van der Waals surface area contributed by atoms with Gasteiger partial charge in [0.25, 0.3) is 0 Å². The van der Waals surface area contributed by atoms with E-state index in [1.165, 1.54) is 0 Å². The maximum atomic E-state index is 4.00. The van der Waals surface area contributed by atoms with E-state index in [0.717, 1.165) is 0 Å². The molecule has 1 nitrogen and oxygen atoms in total. The van der Waals surface area contributed by atoms with Gasteiger partial charge >= 0.3 is 0 Å². The van der Waals surface area contributed by atoms with E-state index in [1.54, 1.807) is 0 Å². The molecule has 0 aromatic rings. The average Bonchev–Trinajstić information content (AvgIpc) is 1.46. The van der Waals surface area contributed by atoms with Crippen LogP contribution in [-0.2, 0) is 21.2 Å². The zero-order chi connectivity index (χ0) is 2.12. The fourth-order valence-electron chi connectivity index (χ4n) is 0. The van der Waals surface area contributed by atoms with E-state index in [1.807, 2.05) is 0 Å². The molecule has 2 heteroatoms. The predicted molar refractivity (Wildman–Crippen MR) is 8.86 cm³/mol. The van der Waals surface area contributed by atoms with Gasteiger partial charge in [0.15, 0.2) is 12.2 Å². The van der Waals surface area contributed by atoms with Crippen molar-refractivity contribution in [3.05, 3.63) is 0 Å². The quantitative estimate of drug-likeness (QED) is 0.305. The van der Waals surface area contributed by atoms with Crippen molar-refractivity contribution in [1.82, 2.24) is 0 Å². The van der Waals surface area contributed by atoms with Gasteiger partial charge in [0.05, 0.1) is 0 Å². The van der Waals surface area contributed by atoms with Crippen molar-refractivity contribution >= 4 is 0 Å². The van der Waals surface area contributed by atoms with Crippen LogP contribution in [0, 0.1) is 12.2 Å². The first-order valence-electron chi connectivity index (χ1n) is 0.658. The Balaban J connectivity index is 0.0000000900. The molecule has 0 aromatic carbocycles. The summed E-state index contributed by atoms with van der Waals surface area (Å²) in [6.45, 7) is 0. The Morgan fingerprint density at radius 1 is 1.25 bits per heavy atom. The van der Waals surface area contributed by atoms with Crippen LogP contribution in [0.1, 0.15) is 0 Å². The first kappa shape index (κ1) is 3.85. The standard InChI is InChI=1S/C2O.Ni/c1-2-3-1;. The maximum Gasteiger partial charge on any atom is 0.175 e. The number of hydrogen-bond donors (Lipinski definition) is 0. The zero-order valence-electron chi connectivity index (χ0n) is 1.72. The minimum atomic E-state index is 0. The van der Waals surface area contributed by atoms with E-state index < -0.39 is 0 Å². The van der Waals surface area contributed by atoms with Crippen LogP contribution in [0.2, 0.25) is 0 Å². The van der Waals surface area contributed by atoms with Crippen LogP contribution in [0.4, 0.5) is 0 Å². The van der Waals surface area contributed by atoms with Gasteiger partial charge in [0.2, 0.25) is 0 Å². The van der Waals surface area contributed by atoms with Crippen LogP contribution < -0.4 is 0 Å². The Bertz CT molecular complexity index is 52.2. The Labute approximate surface area is 34.3 Å². The number of hydrogen-bond acceptors (Lipinski definition) is 1. The summed E-state index contributed by atoms with van der Waals surface area (Å²) in [7, 11) is 0. The molecule has 0 unspecified atom stereocenters. The summed E-state index contributed by atoms with van der Waals surface area (Å²) in [4.78, 5) is 0. The van der Waals surface area contributed by atoms with Crippen LogP contribution in [-0.4, -0.2) is 0 Å². The average molecular weight is 98.7 g/mol. The fraction of sp³-hybridized carbons (Fsp3) is 0. The SMILES string of the molecule is C1#CO1.[Ni]. The van der Waals surface area contributed by atoms with Gasteiger partial charge in [-0.05, 0) is 0 Å². The molecule has 1 aliphatic heterocycles. The molecule has 0 spiro atoms. The van der Waals surface area contributed by atoms with Crippen molar-refractivity contribution in [1.29, 1.82) is 0 Å². The molecule has 0 atom stereocenters. The third-order valence-electron chi connectivity index (χ3n) is 0.102. The summed E-state index contributed by atoms with van der Waals surface area (Å²) >= 11 is 0. The molecule has 1 heterocycles. The molecule has 0 aromatic heterocycles. The molecule has 0 saturated heterocycles. The molecule has 0 N–H and O–H groups in total. The summed E-state index contributed by atoms with van der Waals surface area (Å²) in [6.07, 6.45) is 4.50. The Hall–Kier alpha value is -0.146. The fourth-order valence-corrected chi connectivity index (χ4v) is 0. The van der Waals surface area contributed by atoms with Gasteiger partial charge in [-0.15, -0.1) is 0 Å². The molecule has 0 amide bonds. The third-order valence-corrected chi connectivity index (χ3v) is 0.102. The summed E-state index contributed by atoms with van der Waals surface area (Å²) in [5, 5.41) is 0. The van der Waals surface area contributed by atoms with Gasteiger partial charge in [-0.25, -0.2) is 0 Å². The monoisotopic (exact) mass is 97.9 g/mol. The second-order valence-corrected chi connectivity index (χ2v) is 0.306. The van der Waals surface area contributed by atoms with Crippen molar-refractivity contribution in [2.75, 3.05) is 0 Å².